The first kappa shape index (κ1) is 15.2. The van der Waals surface area contributed by atoms with Crippen LogP contribution >= 0.6 is 45.8 Å². The number of hydrogen-bond donors (Lipinski definition) is 1. The third kappa shape index (κ3) is 3.48. The monoisotopic (exact) mass is 418 g/mol. The van der Waals surface area contributed by atoms with E-state index in [9.17, 15) is 0 Å². The zero-order chi connectivity index (χ0) is 14.7. The van der Waals surface area contributed by atoms with Crippen molar-refractivity contribution in [3.05, 3.63) is 55.1 Å². The average molecular weight is 419 g/mol. The molecule has 3 nitrogen and oxygen atoms in total. The molecule has 0 fully saturated rings. The maximum Gasteiger partial charge on any atom is 0.156 e. The quantitative estimate of drug-likeness (QED) is 0.583. The molecule has 0 bridgehead atoms. The van der Waals surface area contributed by atoms with Gasteiger partial charge in [-0.2, -0.15) is 5.26 Å². The number of nitrogens with zero attached hydrogens (tertiary/aromatic N) is 1. The molecule has 0 amide bonds. The van der Waals surface area contributed by atoms with Gasteiger partial charge in [0.15, 0.2) is 5.75 Å². The fourth-order valence-corrected chi connectivity index (χ4v) is 2.80. The van der Waals surface area contributed by atoms with Crippen molar-refractivity contribution in [2.45, 2.75) is 6.61 Å². The Morgan fingerprint density at radius 3 is 2.65 bits per heavy atom. The van der Waals surface area contributed by atoms with Gasteiger partial charge in [-0.15, -0.1) is 0 Å². The SMILES string of the molecule is N#Cc1cc(N)c(OCc2cc(Cl)ccc2Cl)c(I)c1. The lowest BCUT2D eigenvalue weighted by atomic mass is 10.2. The predicted molar refractivity (Wildman–Crippen MR) is 89.1 cm³/mol. The van der Waals surface area contributed by atoms with Crippen molar-refractivity contribution >= 4 is 51.5 Å². The van der Waals surface area contributed by atoms with E-state index in [-0.39, 0.29) is 6.61 Å². The van der Waals surface area contributed by atoms with Gasteiger partial charge >= 0.3 is 0 Å². The molecule has 20 heavy (non-hydrogen) atoms. The molecule has 0 saturated heterocycles. The number of anilines is 1. The van der Waals surface area contributed by atoms with Gasteiger partial charge < -0.3 is 10.5 Å². The van der Waals surface area contributed by atoms with Crippen LogP contribution in [0.4, 0.5) is 5.69 Å². The van der Waals surface area contributed by atoms with Crippen LogP contribution in [0.2, 0.25) is 10.0 Å². The molecule has 0 aliphatic carbocycles. The number of benzene rings is 2. The molecule has 2 rings (SSSR count). The van der Waals surface area contributed by atoms with Gasteiger partial charge in [-0.25, -0.2) is 0 Å². The van der Waals surface area contributed by atoms with Crippen LogP contribution < -0.4 is 10.5 Å². The molecular weight excluding hydrogens is 410 g/mol. The highest BCUT2D eigenvalue weighted by molar-refractivity contribution is 14.1. The lowest BCUT2D eigenvalue weighted by Crippen LogP contribution is -2.02. The van der Waals surface area contributed by atoms with Crippen LogP contribution in [0.3, 0.4) is 0 Å². The van der Waals surface area contributed by atoms with E-state index in [0.29, 0.717) is 27.0 Å². The minimum absolute atomic E-state index is 0.255. The largest absolute Gasteiger partial charge is 0.486 e. The van der Waals surface area contributed by atoms with Crippen molar-refractivity contribution < 1.29 is 4.74 Å². The molecule has 0 aromatic heterocycles. The number of hydrogen-bond acceptors (Lipinski definition) is 3. The molecule has 2 aromatic carbocycles. The Kier molecular flexibility index (Phi) is 4.97. The van der Waals surface area contributed by atoms with Crippen LogP contribution in [0.5, 0.6) is 5.75 Å². The Labute approximate surface area is 140 Å². The van der Waals surface area contributed by atoms with Crippen molar-refractivity contribution in [3.8, 4) is 11.8 Å². The Morgan fingerprint density at radius 1 is 1.25 bits per heavy atom. The number of ether oxygens (including phenoxy) is 1. The van der Waals surface area contributed by atoms with Gasteiger partial charge in [0.25, 0.3) is 0 Å². The van der Waals surface area contributed by atoms with E-state index < -0.39 is 0 Å². The minimum atomic E-state index is 0.255. The highest BCUT2D eigenvalue weighted by Gasteiger charge is 2.10. The van der Waals surface area contributed by atoms with E-state index >= 15 is 0 Å². The van der Waals surface area contributed by atoms with E-state index in [2.05, 4.69) is 22.6 Å². The first-order valence-corrected chi connectivity index (χ1v) is 7.40. The molecule has 6 heteroatoms. The molecule has 0 spiro atoms. The summed E-state index contributed by atoms with van der Waals surface area (Å²) in [5.74, 6) is 0.542. The summed E-state index contributed by atoms with van der Waals surface area (Å²) in [5.41, 5.74) is 7.59. The van der Waals surface area contributed by atoms with Gasteiger partial charge in [-0.05, 0) is 52.9 Å². The molecule has 0 heterocycles. The number of rotatable bonds is 3. The van der Waals surface area contributed by atoms with Gasteiger partial charge in [0.05, 0.1) is 20.9 Å². The van der Waals surface area contributed by atoms with Crippen molar-refractivity contribution in [1.29, 1.82) is 5.26 Å². The summed E-state index contributed by atoms with van der Waals surface area (Å²) in [4.78, 5) is 0. The van der Waals surface area contributed by atoms with Gasteiger partial charge in [0.1, 0.15) is 6.61 Å². The average Bonchev–Trinajstić information content (AvgIpc) is 2.41. The highest BCUT2D eigenvalue weighted by Crippen LogP contribution is 2.31. The summed E-state index contributed by atoms with van der Waals surface area (Å²) in [6.07, 6.45) is 0. The lowest BCUT2D eigenvalue weighted by Gasteiger charge is -2.12. The Hall–Kier alpha value is -1.16. The second-order valence-electron chi connectivity index (χ2n) is 4.01. The summed E-state index contributed by atoms with van der Waals surface area (Å²) >= 11 is 14.1. The Bertz CT molecular complexity index is 675. The third-order valence-electron chi connectivity index (χ3n) is 2.58. The molecule has 2 aromatic rings. The second kappa shape index (κ2) is 6.53. The molecule has 0 aliphatic rings. The lowest BCUT2D eigenvalue weighted by molar-refractivity contribution is 0.306. The first-order chi connectivity index (χ1) is 9.51. The van der Waals surface area contributed by atoms with Crippen LogP contribution in [-0.4, -0.2) is 0 Å². The van der Waals surface area contributed by atoms with E-state index in [4.69, 9.17) is 38.9 Å². The van der Waals surface area contributed by atoms with Crippen molar-refractivity contribution in [1.82, 2.24) is 0 Å². The smallest absolute Gasteiger partial charge is 0.156 e. The number of nitrogens with two attached hydrogens (primary N) is 1. The molecule has 0 aliphatic heterocycles. The van der Waals surface area contributed by atoms with Crippen molar-refractivity contribution in [3.63, 3.8) is 0 Å². The fourth-order valence-electron chi connectivity index (χ4n) is 1.64. The van der Waals surface area contributed by atoms with Crippen LogP contribution in [0.15, 0.2) is 30.3 Å². The van der Waals surface area contributed by atoms with Gasteiger partial charge in [-0.3, -0.25) is 0 Å². The highest BCUT2D eigenvalue weighted by atomic mass is 127. The zero-order valence-corrected chi connectivity index (χ0v) is 13.8. The summed E-state index contributed by atoms with van der Waals surface area (Å²) in [6, 6.07) is 10.5. The maximum atomic E-state index is 8.87. The summed E-state index contributed by atoms with van der Waals surface area (Å²) < 4.78 is 6.48. The van der Waals surface area contributed by atoms with E-state index in [1.807, 2.05) is 6.07 Å². The fraction of sp³-hybridized carbons (Fsp3) is 0.0714. The van der Waals surface area contributed by atoms with Crippen molar-refractivity contribution in [2.75, 3.05) is 5.73 Å². The molecule has 0 atom stereocenters. The predicted octanol–water partition coefficient (Wildman–Crippen LogP) is 4.63. The van der Waals surface area contributed by atoms with E-state index in [1.165, 1.54) is 0 Å². The Morgan fingerprint density at radius 2 is 2.00 bits per heavy atom. The molecule has 102 valence electrons. The Balaban J connectivity index is 2.23. The first-order valence-electron chi connectivity index (χ1n) is 5.57. The standard InChI is InChI=1S/C14H9Cl2IN2O/c15-10-1-2-11(16)9(5-10)7-20-14-12(17)3-8(6-18)4-13(14)19/h1-5H,7,19H2. The minimum Gasteiger partial charge on any atom is -0.486 e. The topological polar surface area (TPSA) is 59.0 Å². The van der Waals surface area contributed by atoms with Gasteiger partial charge in [0, 0.05) is 15.6 Å². The van der Waals surface area contributed by atoms with Crippen LogP contribution in [-0.2, 0) is 6.61 Å². The van der Waals surface area contributed by atoms with Crippen LogP contribution in [0, 0.1) is 14.9 Å². The van der Waals surface area contributed by atoms with Crippen molar-refractivity contribution in [2.24, 2.45) is 0 Å². The molecular formula is C14H9Cl2IN2O. The number of halogens is 3. The van der Waals surface area contributed by atoms with Gasteiger partial charge in [-0.1, -0.05) is 23.2 Å². The molecule has 2 N–H and O–H groups in total. The van der Waals surface area contributed by atoms with Crippen LogP contribution in [0.25, 0.3) is 0 Å². The van der Waals surface area contributed by atoms with E-state index in [1.54, 1.807) is 30.3 Å². The number of nitrogen functional groups attached to an aromatic ring is 1. The van der Waals surface area contributed by atoms with Gasteiger partial charge in [0.2, 0.25) is 0 Å². The summed E-state index contributed by atoms with van der Waals surface area (Å²) in [5, 5.41) is 10.0. The molecule has 0 unspecified atom stereocenters. The third-order valence-corrected chi connectivity index (χ3v) is 3.99. The second-order valence-corrected chi connectivity index (χ2v) is 6.02. The van der Waals surface area contributed by atoms with Crippen LogP contribution in [0.1, 0.15) is 11.1 Å². The summed E-state index contributed by atoms with van der Waals surface area (Å²) in [6.45, 7) is 0.255. The molecule has 0 radical (unpaired) electrons. The maximum absolute atomic E-state index is 8.87. The molecule has 0 saturated carbocycles. The number of nitriles is 1. The van der Waals surface area contributed by atoms with E-state index in [0.717, 1.165) is 9.13 Å². The normalized spacial score (nSPS) is 10.1. The zero-order valence-electron chi connectivity index (χ0n) is 10.2. The summed E-state index contributed by atoms with van der Waals surface area (Å²) in [7, 11) is 0.